The predicted molar refractivity (Wildman–Crippen MR) is 94.2 cm³/mol. The Morgan fingerprint density at radius 2 is 1.70 bits per heavy atom. The van der Waals surface area contributed by atoms with E-state index >= 15 is 0 Å². The smallest absolute Gasteiger partial charge is 0.251 e. The summed E-state index contributed by atoms with van der Waals surface area (Å²) in [6, 6.07) is 19.2. The maximum absolute atomic E-state index is 12.1. The highest BCUT2D eigenvalue weighted by Crippen LogP contribution is 2.23. The van der Waals surface area contributed by atoms with Crippen LogP contribution in [0.25, 0.3) is 11.3 Å². The molecular formula is C19H16BrNO2. The molecule has 0 aliphatic rings. The maximum Gasteiger partial charge on any atom is 0.251 e. The van der Waals surface area contributed by atoms with Crippen molar-refractivity contribution in [2.24, 2.45) is 0 Å². The summed E-state index contributed by atoms with van der Waals surface area (Å²) >= 11 is 3.41. The molecule has 1 N–H and O–H groups in total. The van der Waals surface area contributed by atoms with Crippen LogP contribution in [0.4, 0.5) is 0 Å². The van der Waals surface area contributed by atoms with Gasteiger partial charge in [-0.05, 0) is 43.3 Å². The molecule has 1 amide bonds. The number of benzene rings is 2. The summed E-state index contributed by atoms with van der Waals surface area (Å²) in [6.45, 7) is 2.36. The van der Waals surface area contributed by atoms with Crippen LogP contribution in [0.2, 0.25) is 0 Å². The SMILES string of the molecule is Cc1ccc(C(=O)NCc2ccc(-c3ccc(Br)cc3)o2)cc1. The van der Waals surface area contributed by atoms with Crippen molar-refractivity contribution < 1.29 is 9.21 Å². The van der Waals surface area contributed by atoms with Crippen molar-refractivity contribution >= 4 is 21.8 Å². The fourth-order valence-corrected chi connectivity index (χ4v) is 2.48. The molecule has 2 aromatic carbocycles. The number of aryl methyl sites for hydroxylation is 1. The summed E-state index contributed by atoms with van der Waals surface area (Å²) < 4.78 is 6.81. The number of hydrogen-bond donors (Lipinski definition) is 1. The average Bonchev–Trinajstić information content (AvgIpc) is 3.03. The molecule has 0 radical (unpaired) electrons. The summed E-state index contributed by atoms with van der Waals surface area (Å²) in [7, 11) is 0. The maximum atomic E-state index is 12.1. The fraction of sp³-hybridized carbons (Fsp3) is 0.105. The van der Waals surface area contributed by atoms with E-state index in [0.29, 0.717) is 12.1 Å². The Labute approximate surface area is 143 Å². The third kappa shape index (κ3) is 3.90. The van der Waals surface area contributed by atoms with Crippen molar-refractivity contribution in [1.82, 2.24) is 5.32 Å². The highest BCUT2D eigenvalue weighted by Gasteiger charge is 2.08. The van der Waals surface area contributed by atoms with Crippen molar-refractivity contribution in [2.45, 2.75) is 13.5 Å². The first-order valence-corrected chi connectivity index (χ1v) is 8.10. The Hall–Kier alpha value is -2.33. The average molecular weight is 370 g/mol. The summed E-state index contributed by atoms with van der Waals surface area (Å²) in [4.78, 5) is 12.1. The molecule has 0 atom stereocenters. The molecule has 0 saturated carbocycles. The summed E-state index contributed by atoms with van der Waals surface area (Å²) in [5, 5.41) is 2.87. The monoisotopic (exact) mass is 369 g/mol. The van der Waals surface area contributed by atoms with E-state index in [2.05, 4.69) is 21.2 Å². The molecule has 0 unspecified atom stereocenters. The lowest BCUT2D eigenvalue weighted by Crippen LogP contribution is -2.22. The van der Waals surface area contributed by atoms with Gasteiger partial charge in [0, 0.05) is 15.6 Å². The Balaban J connectivity index is 1.64. The minimum Gasteiger partial charge on any atom is -0.459 e. The van der Waals surface area contributed by atoms with Gasteiger partial charge in [0.2, 0.25) is 0 Å². The zero-order chi connectivity index (χ0) is 16.2. The first-order valence-electron chi connectivity index (χ1n) is 7.31. The van der Waals surface area contributed by atoms with Crippen molar-refractivity contribution in [3.63, 3.8) is 0 Å². The largest absolute Gasteiger partial charge is 0.459 e. The number of hydrogen-bond acceptors (Lipinski definition) is 2. The lowest BCUT2D eigenvalue weighted by Gasteiger charge is -2.04. The number of rotatable bonds is 4. The van der Waals surface area contributed by atoms with Crippen LogP contribution in [0.1, 0.15) is 21.7 Å². The molecular weight excluding hydrogens is 354 g/mol. The van der Waals surface area contributed by atoms with Gasteiger partial charge in [0.25, 0.3) is 5.91 Å². The van der Waals surface area contributed by atoms with Crippen molar-refractivity contribution in [2.75, 3.05) is 0 Å². The highest BCUT2D eigenvalue weighted by atomic mass is 79.9. The van der Waals surface area contributed by atoms with Gasteiger partial charge in [0.05, 0.1) is 6.54 Å². The van der Waals surface area contributed by atoms with Crippen LogP contribution in [0, 0.1) is 6.92 Å². The third-order valence-electron chi connectivity index (χ3n) is 3.53. The Kier molecular flexibility index (Phi) is 4.63. The Bertz CT molecular complexity index is 804. The lowest BCUT2D eigenvalue weighted by atomic mass is 10.1. The van der Waals surface area contributed by atoms with E-state index in [-0.39, 0.29) is 5.91 Å². The quantitative estimate of drug-likeness (QED) is 0.706. The minimum absolute atomic E-state index is 0.105. The second-order valence-corrected chi connectivity index (χ2v) is 6.24. The highest BCUT2D eigenvalue weighted by molar-refractivity contribution is 9.10. The van der Waals surface area contributed by atoms with E-state index in [1.54, 1.807) is 0 Å². The van der Waals surface area contributed by atoms with Crippen LogP contribution in [0.15, 0.2) is 69.6 Å². The van der Waals surface area contributed by atoms with E-state index in [1.807, 2.05) is 67.6 Å². The van der Waals surface area contributed by atoms with Gasteiger partial charge in [0.15, 0.2) is 0 Å². The van der Waals surface area contributed by atoms with E-state index in [4.69, 9.17) is 4.42 Å². The van der Waals surface area contributed by atoms with Crippen LogP contribution in [0.5, 0.6) is 0 Å². The summed E-state index contributed by atoms with van der Waals surface area (Å²) in [6.07, 6.45) is 0. The molecule has 1 aromatic heterocycles. The van der Waals surface area contributed by atoms with Crippen LogP contribution >= 0.6 is 15.9 Å². The van der Waals surface area contributed by atoms with Crippen LogP contribution in [-0.4, -0.2) is 5.91 Å². The zero-order valence-corrected chi connectivity index (χ0v) is 14.3. The molecule has 0 bridgehead atoms. The second kappa shape index (κ2) is 6.84. The third-order valence-corrected chi connectivity index (χ3v) is 4.06. The number of amides is 1. The Morgan fingerprint density at radius 1 is 1.00 bits per heavy atom. The summed E-state index contributed by atoms with van der Waals surface area (Å²) in [5.41, 5.74) is 2.78. The molecule has 3 aromatic rings. The molecule has 0 saturated heterocycles. The van der Waals surface area contributed by atoms with Gasteiger partial charge in [-0.1, -0.05) is 45.8 Å². The van der Waals surface area contributed by atoms with Gasteiger partial charge in [0.1, 0.15) is 11.5 Å². The lowest BCUT2D eigenvalue weighted by molar-refractivity contribution is 0.0948. The number of carbonyl (C=O) groups excluding carboxylic acids is 1. The topological polar surface area (TPSA) is 42.2 Å². The molecule has 0 aliphatic heterocycles. The molecule has 1 heterocycles. The van der Waals surface area contributed by atoms with E-state index in [9.17, 15) is 4.79 Å². The second-order valence-electron chi connectivity index (χ2n) is 5.32. The zero-order valence-electron chi connectivity index (χ0n) is 12.7. The van der Waals surface area contributed by atoms with Crippen LogP contribution in [-0.2, 0) is 6.54 Å². The minimum atomic E-state index is -0.105. The van der Waals surface area contributed by atoms with Gasteiger partial charge in [-0.3, -0.25) is 4.79 Å². The van der Waals surface area contributed by atoms with Gasteiger partial charge < -0.3 is 9.73 Å². The van der Waals surface area contributed by atoms with Crippen molar-refractivity contribution in [3.05, 3.63) is 82.0 Å². The normalized spacial score (nSPS) is 10.5. The standard InChI is InChI=1S/C19H16BrNO2/c1-13-2-4-15(5-3-13)19(22)21-12-17-10-11-18(23-17)14-6-8-16(20)9-7-14/h2-11H,12H2,1H3,(H,21,22). The van der Waals surface area contributed by atoms with E-state index in [0.717, 1.165) is 27.1 Å². The van der Waals surface area contributed by atoms with Crippen LogP contribution in [0.3, 0.4) is 0 Å². The van der Waals surface area contributed by atoms with Gasteiger partial charge >= 0.3 is 0 Å². The van der Waals surface area contributed by atoms with Gasteiger partial charge in [-0.15, -0.1) is 0 Å². The molecule has 0 spiro atoms. The Morgan fingerprint density at radius 3 is 2.39 bits per heavy atom. The number of halogens is 1. The van der Waals surface area contributed by atoms with Crippen LogP contribution < -0.4 is 5.32 Å². The first kappa shape index (κ1) is 15.6. The predicted octanol–water partition coefficient (Wildman–Crippen LogP) is 4.95. The van der Waals surface area contributed by atoms with Crippen molar-refractivity contribution in [1.29, 1.82) is 0 Å². The molecule has 23 heavy (non-hydrogen) atoms. The van der Waals surface area contributed by atoms with Gasteiger partial charge in [-0.2, -0.15) is 0 Å². The molecule has 0 fully saturated rings. The summed E-state index contributed by atoms with van der Waals surface area (Å²) in [5.74, 6) is 1.41. The van der Waals surface area contributed by atoms with E-state index in [1.165, 1.54) is 0 Å². The number of carbonyl (C=O) groups is 1. The molecule has 4 heteroatoms. The van der Waals surface area contributed by atoms with E-state index < -0.39 is 0 Å². The van der Waals surface area contributed by atoms with Gasteiger partial charge in [-0.25, -0.2) is 0 Å². The molecule has 3 nitrogen and oxygen atoms in total. The number of furan rings is 1. The fourth-order valence-electron chi connectivity index (χ4n) is 2.22. The number of nitrogens with one attached hydrogen (secondary N) is 1. The first-order chi connectivity index (χ1) is 11.1. The molecule has 3 rings (SSSR count). The van der Waals surface area contributed by atoms with Crippen molar-refractivity contribution in [3.8, 4) is 11.3 Å². The molecule has 116 valence electrons. The molecule has 0 aliphatic carbocycles.